The second kappa shape index (κ2) is 6.13. The Morgan fingerprint density at radius 1 is 0.957 bits per heavy atom. The van der Waals surface area contributed by atoms with Gasteiger partial charge < -0.3 is 0 Å². The molecule has 23 heavy (non-hydrogen) atoms. The molecule has 2 aliphatic rings. The quantitative estimate of drug-likeness (QED) is 0.947. The minimum Gasteiger partial charge on any atom is -0.285 e. The maximum atomic E-state index is 12.4. The third kappa shape index (κ3) is 2.99. The molecule has 4 heteroatoms. The summed E-state index contributed by atoms with van der Waals surface area (Å²) in [6.07, 6.45) is 7.54. The molecule has 1 aromatic heterocycles. The number of nitrogens with one attached hydrogen (secondary N) is 1. The number of aromatic nitrogens is 1. The molecule has 4 nitrogen and oxygen atoms in total. The van der Waals surface area contributed by atoms with E-state index in [9.17, 15) is 4.79 Å². The molecule has 1 aliphatic heterocycles. The third-order valence-corrected chi connectivity index (χ3v) is 5.15. The summed E-state index contributed by atoms with van der Waals surface area (Å²) in [6.45, 7) is 2.01. The molecule has 118 valence electrons. The highest BCUT2D eigenvalue weighted by molar-refractivity contribution is 5.94. The van der Waals surface area contributed by atoms with E-state index in [0.717, 1.165) is 36.1 Å². The highest BCUT2D eigenvalue weighted by atomic mass is 16.2. The van der Waals surface area contributed by atoms with Gasteiger partial charge in [-0.25, -0.2) is 5.01 Å². The fourth-order valence-corrected chi connectivity index (χ4v) is 3.89. The Balaban J connectivity index is 1.41. The van der Waals surface area contributed by atoms with Crippen molar-refractivity contribution in [1.82, 2.24) is 15.4 Å². The van der Waals surface area contributed by atoms with Crippen LogP contribution in [0.15, 0.2) is 48.8 Å². The molecular formula is C19H21N3O. The van der Waals surface area contributed by atoms with E-state index in [0.29, 0.717) is 5.56 Å². The van der Waals surface area contributed by atoms with Crippen molar-refractivity contribution in [2.75, 3.05) is 13.1 Å². The molecule has 1 aliphatic carbocycles. The van der Waals surface area contributed by atoms with Crippen LogP contribution in [0.5, 0.6) is 0 Å². The Morgan fingerprint density at radius 3 is 2.22 bits per heavy atom. The van der Waals surface area contributed by atoms with E-state index in [4.69, 9.17) is 0 Å². The maximum Gasteiger partial charge on any atom is 0.265 e. The summed E-state index contributed by atoms with van der Waals surface area (Å²) < 4.78 is 0. The molecular weight excluding hydrogens is 286 g/mol. The lowest BCUT2D eigenvalue weighted by Gasteiger charge is -2.18. The summed E-state index contributed by atoms with van der Waals surface area (Å²) in [4.78, 5) is 16.4. The van der Waals surface area contributed by atoms with E-state index in [2.05, 4.69) is 15.4 Å². The Labute approximate surface area is 136 Å². The molecule has 2 fully saturated rings. The molecule has 0 radical (unpaired) electrons. The molecule has 2 aromatic rings. The van der Waals surface area contributed by atoms with Crippen LogP contribution in [0.2, 0.25) is 0 Å². The number of benzene rings is 1. The Hall–Kier alpha value is -2.20. The van der Waals surface area contributed by atoms with Crippen molar-refractivity contribution in [3.63, 3.8) is 0 Å². The number of hydrogen-bond donors (Lipinski definition) is 1. The van der Waals surface area contributed by atoms with E-state index in [-0.39, 0.29) is 5.91 Å². The van der Waals surface area contributed by atoms with Gasteiger partial charge in [0.05, 0.1) is 0 Å². The van der Waals surface area contributed by atoms with Gasteiger partial charge >= 0.3 is 0 Å². The number of rotatable bonds is 3. The summed E-state index contributed by atoms with van der Waals surface area (Å²) in [7, 11) is 0. The topological polar surface area (TPSA) is 45.2 Å². The van der Waals surface area contributed by atoms with Gasteiger partial charge in [-0.1, -0.05) is 18.6 Å². The highest BCUT2D eigenvalue weighted by Gasteiger charge is 2.36. The van der Waals surface area contributed by atoms with Crippen LogP contribution in [0.4, 0.5) is 0 Å². The van der Waals surface area contributed by atoms with E-state index in [1.54, 1.807) is 12.4 Å². The normalized spacial score (nSPS) is 23.7. The lowest BCUT2D eigenvalue weighted by Crippen LogP contribution is -2.41. The van der Waals surface area contributed by atoms with E-state index < -0.39 is 0 Å². The standard InChI is InChI=1S/C19H21N3O/c23-19(21-22-12-17-2-1-3-18(17)13-22)16-6-4-14(5-7-16)15-8-10-20-11-9-15/h4-11,17-18H,1-3,12-13H2,(H,21,23). The molecule has 0 spiro atoms. The van der Waals surface area contributed by atoms with Crippen molar-refractivity contribution < 1.29 is 4.79 Å². The van der Waals surface area contributed by atoms with E-state index in [1.807, 2.05) is 36.4 Å². The lowest BCUT2D eigenvalue weighted by molar-refractivity contribution is 0.0814. The smallest absolute Gasteiger partial charge is 0.265 e. The van der Waals surface area contributed by atoms with Crippen LogP contribution in [0.3, 0.4) is 0 Å². The van der Waals surface area contributed by atoms with E-state index in [1.165, 1.54) is 19.3 Å². The Kier molecular flexibility index (Phi) is 3.83. The molecule has 1 aromatic carbocycles. The number of fused-ring (bicyclic) bond motifs is 1. The molecule has 0 bridgehead atoms. The van der Waals surface area contributed by atoms with Gasteiger partial charge in [0.25, 0.3) is 5.91 Å². The molecule has 2 heterocycles. The number of amides is 1. The van der Waals surface area contributed by atoms with Gasteiger partial charge in [-0.05, 0) is 60.1 Å². The molecule has 1 amide bonds. The summed E-state index contributed by atoms with van der Waals surface area (Å²) in [5, 5.41) is 2.10. The van der Waals surface area contributed by atoms with E-state index >= 15 is 0 Å². The van der Waals surface area contributed by atoms with Crippen molar-refractivity contribution in [1.29, 1.82) is 0 Å². The lowest BCUT2D eigenvalue weighted by atomic mass is 10.0. The van der Waals surface area contributed by atoms with Gasteiger partial charge in [-0.15, -0.1) is 0 Å². The monoisotopic (exact) mass is 307 g/mol. The van der Waals surface area contributed by atoms with Crippen LogP contribution in [0.25, 0.3) is 11.1 Å². The molecule has 2 unspecified atom stereocenters. The van der Waals surface area contributed by atoms with Gasteiger partial charge in [0.2, 0.25) is 0 Å². The zero-order valence-corrected chi connectivity index (χ0v) is 13.1. The number of pyridine rings is 1. The predicted octanol–water partition coefficient (Wildman–Crippen LogP) is 3.13. The van der Waals surface area contributed by atoms with Crippen molar-refractivity contribution >= 4 is 5.91 Å². The van der Waals surface area contributed by atoms with Gasteiger partial charge in [0.1, 0.15) is 0 Å². The number of carbonyl (C=O) groups is 1. The zero-order chi connectivity index (χ0) is 15.6. The summed E-state index contributed by atoms with van der Waals surface area (Å²) >= 11 is 0. The van der Waals surface area contributed by atoms with Crippen molar-refractivity contribution in [2.24, 2.45) is 11.8 Å². The average Bonchev–Trinajstić information content (AvgIpc) is 3.17. The molecule has 4 rings (SSSR count). The zero-order valence-electron chi connectivity index (χ0n) is 13.1. The van der Waals surface area contributed by atoms with Crippen LogP contribution in [0, 0.1) is 11.8 Å². The fourth-order valence-electron chi connectivity index (χ4n) is 3.89. The van der Waals surface area contributed by atoms with Gasteiger partial charge in [-0.3, -0.25) is 15.2 Å². The average molecular weight is 307 g/mol. The molecule has 1 saturated carbocycles. The molecule has 1 saturated heterocycles. The second-order valence-corrected chi connectivity index (χ2v) is 6.61. The fraction of sp³-hybridized carbons (Fsp3) is 0.368. The van der Waals surface area contributed by atoms with Gasteiger partial charge in [-0.2, -0.15) is 0 Å². The van der Waals surface area contributed by atoms with Gasteiger partial charge in [0.15, 0.2) is 0 Å². The second-order valence-electron chi connectivity index (χ2n) is 6.61. The Bertz CT molecular complexity index is 672. The molecule has 2 atom stereocenters. The number of nitrogens with zero attached hydrogens (tertiary/aromatic N) is 2. The van der Waals surface area contributed by atoms with Crippen molar-refractivity contribution in [3.8, 4) is 11.1 Å². The van der Waals surface area contributed by atoms with Crippen molar-refractivity contribution in [3.05, 3.63) is 54.4 Å². The van der Waals surface area contributed by atoms with Crippen LogP contribution in [0.1, 0.15) is 29.6 Å². The number of carbonyl (C=O) groups excluding carboxylic acids is 1. The highest BCUT2D eigenvalue weighted by Crippen LogP contribution is 2.36. The summed E-state index contributed by atoms with van der Waals surface area (Å²) in [6, 6.07) is 11.7. The Morgan fingerprint density at radius 2 is 1.57 bits per heavy atom. The van der Waals surface area contributed by atoms with Crippen LogP contribution in [-0.4, -0.2) is 29.0 Å². The number of hydrogen-bond acceptors (Lipinski definition) is 3. The maximum absolute atomic E-state index is 12.4. The van der Waals surface area contributed by atoms with Crippen LogP contribution in [-0.2, 0) is 0 Å². The number of hydrazine groups is 1. The molecule has 1 N–H and O–H groups in total. The predicted molar refractivity (Wildman–Crippen MR) is 89.5 cm³/mol. The van der Waals surface area contributed by atoms with Gasteiger partial charge in [0, 0.05) is 31.0 Å². The first-order chi connectivity index (χ1) is 11.3. The minimum absolute atomic E-state index is 0.00810. The van der Waals surface area contributed by atoms with Crippen molar-refractivity contribution in [2.45, 2.75) is 19.3 Å². The summed E-state index contributed by atoms with van der Waals surface area (Å²) in [5.41, 5.74) is 5.98. The SMILES string of the molecule is O=C(NN1CC2CCCC2C1)c1ccc(-c2ccncc2)cc1. The third-order valence-electron chi connectivity index (χ3n) is 5.15. The first-order valence-corrected chi connectivity index (χ1v) is 8.36. The first-order valence-electron chi connectivity index (χ1n) is 8.36. The summed E-state index contributed by atoms with van der Waals surface area (Å²) in [5.74, 6) is 1.56. The van der Waals surface area contributed by atoms with Crippen LogP contribution < -0.4 is 5.43 Å². The minimum atomic E-state index is -0.00810. The van der Waals surface area contributed by atoms with Crippen LogP contribution >= 0.6 is 0 Å². The largest absolute Gasteiger partial charge is 0.285 e. The first kappa shape index (κ1) is 14.4.